The van der Waals surface area contributed by atoms with Gasteiger partial charge in [-0.15, -0.1) is 0 Å². The van der Waals surface area contributed by atoms with Crippen LogP contribution >= 0.6 is 0 Å². The first-order valence-corrected chi connectivity index (χ1v) is 7.53. The van der Waals surface area contributed by atoms with Crippen LogP contribution in [-0.4, -0.2) is 34.8 Å². The fraction of sp³-hybridized carbons (Fsp3) is 0.867. The highest BCUT2D eigenvalue weighted by molar-refractivity contribution is 5.99. The van der Waals surface area contributed by atoms with Crippen LogP contribution in [0, 0.1) is 11.8 Å². The molecule has 0 spiro atoms. The van der Waals surface area contributed by atoms with E-state index in [-0.39, 0.29) is 17.9 Å². The van der Waals surface area contributed by atoms with Crippen LogP contribution in [0.1, 0.15) is 53.4 Å². The lowest BCUT2D eigenvalue weighted by molar-refractivity contribution is -0.155. The zero-order valence-electron chi connectivity index (χ0n) is 12.5. The zero-order chi connectivity index (χ0) is 14.2. The molecule has 1 unspecified atom stereocenters. The third-order valence-electron chi connectivity index (χ3n) is 4.51. The second-order valence-corrected chi connectivity index (χ2v) is 6.54. The molecule has 1 heterocycles. The third kappa shape index (κ3) is 2.77. The molecule has 2 aliphatic rings. The van der Waals surface area contributed by atoms with E-state index in [2.05, 4.69) is 19.2 Å². The summed E-state index contributed by atoms with van der Waals surface area (Å²) in [6.07, 6.45) is 4.26. The van der Waals surface area contributed by atoms with Crippen molar-refractivity contribution < 1.29 is 9.59 Å². The Kier molecular flexibility index (Phi) is 3.88. The van der Waals surface area contributed by atoms with Crippen molar-refractivity contribution in [3.63, 3.8) is 0 Å². The first-order valence-electron chi connectivity index (χ1n) is 7.53. The van der Waals surface area contributed by atoms with Crippen molar-refractivity contribution in [3.05, 3.63) is 0 Å². The molecule has 1 atom stereocenters. The minimum absolute atomic E-state index is 0.0399. The van der Waals surface area contributed by atoms with E-state index in [0.29, 0.717) is 11.8 Å². The van der Waals surface area contributed by atoms with Gasteiger partial charge in [0, 0.05) is 6.54 Å². The summed E-state index contributed by atoms with van der Waals surface area (Å²) in [7, 11) is 0. The first-order chi connectivity index (χ1) is 8.90. The predicted molar refractivity (Wildman–Crippen MR) is 74.5 cm³/mol. The molecule has 4 nitrogen and oxygen atoms in total. The summed E-state index contributed by atoms with van der Waals surface area (Å²) in [6, 6.07) is -0.221. The maximum Gasteiger partial charge on any atom is 0.248 e. The van der Waals surface area contributed by atoms with Crippen molar-refractivity contribution in [2.75, 3.05) is 6.54 Å². The molecule has 1 aliphatic carbocycles. The highest BCUT2D eigenvalue weighted by atomic mass is 16.2. The number of piperazine rings is 1. The molecule has 0 aromatic carbocycles. The van der Waals surface area contributed by atoms with E-state index < -0.39 is 5.54 Å². The average molecular weight is 266 g/mol. The molecule has 0 aromatic rings. The van der Waals surface area contributed by atoms with Gasteiger partial charge in [0.1, 0.15) is 11.6 Å². The lowest BCUT2D eigenvalue weighted by Gasteiger charge is -2.44. The molecule has 0 aromatic heterocycles. The molecule has 1 saturated carbocycles. The van der Waals surface area contributed by atoms with Gasteiger partial charge >= 0.3 is 0 Å². The number of amides is 2. The monoisotopic (exact) mass is 266 g/mol. The fourth-order valence-corrected chi connectivity index (χ4v) is 2.96. The Hall–Kier alpha value is -1.06. The van der Waals surface area contributed by atoms with Crippen LogP contribution in [0.2, 0.25) is 0 Å². The summed E-state index contributed by atoms with van der Waals surface area (Å²) in [5, 5.41) is 2.89. The van der Waals surface area contributed by atoms with Crippen molar-refractivity contribution in [1.82, 2.24) is 10.2 Å². The molecule has 2 rings (SSSR count). The van der Waals surface area contributed by atoms with E-state index in [1.807, 2.05) is 4.90 Å². The average Bonchev–Trinajstić information content (AvgIpc) is 3.15. The first kappa shape index (κ1) is 14.4. The van der Waals surface area contributed by atoms with Crippen LogP contribution in [0.15, 0.2) is 0 Å². The molecule has 1 aliphatic heterocycles. The molecule has 108 valence electrons. The Morgan fingerprint density at radius 3 is 2.32 bits per heavy atom. The van der Waals surface area contributed by atoms with E-state index in [1.54, 1.807) is 13.8 Å². The van der Waals surface area contributed by atoms with E-state index in [0.717, 1.165) is 32.2 Å². The minimum atomic E-state index is -0.755. The highest BCUT2D eigenvalue weighted by Crippen LogP contribution is 2.38. The number of hydrogen-bond acceptors (Lipinski definition) is 2. The molecular weight excluding hydrogens is 240 g/mol. The Morgan fingerprint density at radius 1 is 1.26 bits per heavy atom. The number of hydrogen-bond donors (Lipinski definition) is 1. The van der Waals surface area contributed by atoms with E-state index in [1.165, 1.54) is 0 Å². The maximum atomic E-state index is 12.6. The van der Waals surface area contributed by atoms with Crippen LogP contribution in [-0.2, 0) is 9.59 Å². The number of rotatable bonds is 5. The molecule has 2 amide bonds. The SMILES string of the molecule is CCC(CC)CN1C(=O)C(C)(C)NC(=O)C1C1CC1. The van der Waals surface area contributed by atoms with E-state index in [4.69, 9.17) is 0 Å². The largest absolute Gasteiger partial charge is 0.340 e. The van der Waals surface area contributed by atoms with Crippen molar-refractivity contribution in [3.8, 4) is 0 Å². The Bertz CT molecular complexity index is 370. The summed E-state index contributed by atoms with van der Waals surface area (Å²) in [5.41, 5.74) is -0.755. The van der Waals surface area contributed by atoms with E-state index in [9.17, 15) is 9.59 Å². The topological polar surface area (TPSA) is 49.4 Å². The maximum absolute atomic E-state index is 12.6. The van der Waals surface area contributed by atoms with Crippen LogP contribution < -0.4 is 5.32 Å². The number of carbonyl (C=O) groups is 2. The molecule has 1 N–H and O–H groups in total. The van der Waals surface area contributed by atoms with Gasteiger partial charge in [-0.1, -0.05) is 26.7 Å². The number of carbonyl (C=O) groups excluding carboxylic acids is 2. The van der Waals surface area contributed by atoms with Gasteiger partial charge in [-0.05, 0) is 38.5 Å². The normalized spacial score (nSPS) is 26.8. The van der Waals surface area contributed by atoms with Crippen molar-refractivity contribution in [2.45, 2.75) is 65.0 Å². The number of nitrogens with zero attached hydrogens (tertiary/aromatic N) is 1. The summed E-state index contributed by atoms with van der Waals surface area (Å²) >= 11 is 0. The molecule has 1 saturated heterocycles. The Morgan fingerprint density at radius 2 is 1.84 bits per heavy atom. The van der Waals surface area contributed by atoms with Gasteiger partial charge in [0.2, 0.25) is 11.8 Å². The quantitative estimate of drug-likeness (QED) is 0.826. The van der Waals surface area contributed by atoms with E-state index >= 15 is 0 Å². The van der Waals surface area contributed by atoms with Crippen LogP contribution in [0.5, 0.6) is 0 Å². The molecule has 0 bridgehead atoms. The van der Waals surface area contributed by atoms with Crippen LogP contribution in [0.25, 0.3) is 0 Å². The van der Waals surface area contributed by atoms with Gasteiger partial charge in [0.05, 0.1) is 0 Å². The van der Waals surface area contributed by atoms with Crippen LogP contribution in [0.4, 0.5) is 0 Å². The molecular formula is C15H26N2O2. The lowest BCUT2D eigenvalue weighted by Crippen LogP contribution is -2.69. The molecule has 2 fully saturated rings. The Balaban J connectivity index is 2.21. The summed E-state index contributed by atoms with van der Waals surface area (Å²) in [4.78, 5) is 26.8. The van der Waals surface area contributed by atoms with Gasteiger partial charge in [-0.3, -0.25) is 9.59 Å². The van der Waals surface area contributed by atoms with Gasteiger partial charge < -0.3 is 10.2 Å². The van der Waals surface area contributed by atoms with Crippen molar-refractivity contribution in [2.24, 2.45) is 11.8 Å². The second kappa shape index (κ2) is 5.14. The predicted octanol–water partition coefficient (Wildman–Crippen LogP) is 1.94. The zero-order valence-corrected chi connectivity index (χ0v) is 12.5. The highest BCUT2D eigenvalue weighted by Gasteiger charge is 2.50. The summed E-state index contributed by atoms with van der Waals surface area (Å²) < 4.78 is 0. The second-order valence-electron chi connectivity index (χ2n) is 6.54. The lowest BCUT2D eigenvalue weighted by atomic mass is 9.92. The van der Waals surface area contributed by atoms with Crippen molar-refractivity contribution in [1.29, 1.82) is 0 Å². The summed E-state index contributed by atoms with van der Waals surface area (Å²) in [5.74, 6) is 0.996. The third-order valence-corrected chi connectivity index (χ3v) is 4.51. The summed E-state index contributed by atoms with van der Waals surface area (Å²) in [6.45, 7) is 8.64. The van der Waals surface area contributed by atoms with Gasteiger partial charge in [-0.2, -0.15) is 0 Å². The molecule has 4 heteroatoms. The molecule has 0 radical (unpaired) electrons. The number of nitrogens with one attached hydrogen (secondary N) is 1. The smallest absolute Gasteiger partial charge is 0.248 e. The van der Waals surface area contributed by atoms with Gasteiger partial charge in [0.15, 0.2) is 0 Å². The Labute approximate surface area is 115 Å². The van der Waals surface area contributed by atoms with Gasteiger partial charge in [-0.25, -0.2) is 0 Å². The van der Waals surface area contributed by atoms with Crippen LogP contribution in [0.3, 0.4) is 0 Å². The minimum Gasteiger partial charge on any atom is -0.340 e. The fourth-order valence-electron chi connectivity index (χ4n) is 2.96. The van der Waals surface area contributed by atoms with Crippen molar-refractivity contribution >= 4 is 11.8 Å². The standard InChI is InChI=1S/C15H26N2O2/c1-5-10(6-2)9-17-12(11-7-8-11)13(18)16-15(3,4)14(17)19/h10-12H,5-9H2,1-4H3,(H,16,18). The molecule has 19 heavy (non-hydrogen) atoms. The van der Waals surface area contributed by atoms with Gasteiger partial charge in [0.25, 0.3) is 0 Å².